The minimum atomic E-state index is 0.328. The molecule has 0 aliphatic carbocycles. The predicted molar refractivity (Wildman–Crippen MR) is 71.5 cm³/mol. The molecule has 0 bridgehead atoms. The van der Waals surface area contributed by atoms with Gasteiger partial charge in [-0.15, -0.1) is 0 Å². The first-order valence-electron chi connectivity index (χ1n) is 6.59. The van der Waals surface area contributed by atoms with Gasteiger partial charge in [-0.05, 0) is 18.6 Å². The monoisotopic (exact) mass is 258 g/mol. The van der Waals surface area contributed by atoms with Crippen molar-refractivity contribution in [2.75, 3.05) is 19.6 Å². The number of nitrogens with one attached hydrogen (secondary N) is 1. The van der Waals surface area contributed by atoms with E-state index in [1.165, 1.54) is 5.56 Å². The summed E-state index contributed by atoms with van der Waals surface area (Å²) >= 11 is 0. The van der Waals surface area contributed by atoms with Crippen LogP contribution in [0.2, 0.25) is 0 Å². The van der Waals surface area contributed by atoms with E-state index in [0.717, 1.165) is 37.8 Å². The van der Waals surface area contributed by atoms with Crippen LogP contribution in [0.3, 0.4) is 0 Å². The summed E-state index contributed by atoms with van der Waals surface area (Å²) in [6, 6.07) is 4.44. The molecule has 1 fully saturated rings. The highest BCUT2D eigenvalue weighted by Gasteiger charge is 2.25. The molecular weight excluding hydrogens is 240 g/mol. The van der Waals surface area contributed by atoms with E-state index in [9.17, 15) is 0 Å². The predicted octanol–water partition coefficient (Wildman–Crippen LogP) is 1.52. The van der Waals surface area contributed by atoms with Crippen LogP contribution >= 0.6 is 0 Å². The maximum Gasteiger partial charge on any atom is 0.208 e. The zero-order valence-corrected chi connectivity index (χ0v) is 11.0. The van der Waals surface area contributed by atoms with Crippen LogP contribution in [0.15, 0.2) is 35.1 Å². The number of aryl methyl sites for hydroxylation is 1. The molecule has 0 radical (unpaired) electrons. The number of hydrogen-bond donors (Lipinski definition) is 1. The molecule has 1 aliphatic rings. The van der Waals surface area contributed by atoms with Crippen LogP contribution in [0.25, 0.3) is 0 Å². The molecule has 19 heavy (non-hydrogen) atoms. The Morgan fingerprint density at radius 1 is 1.47 bits per heavy atom. The number of oxazole rings is 1. The fourth-order valence-corrected chi connectivity index (χ4v) is 2.49. The van der Waals surface area contributed by atoms with Gasteiger partial charge in [0.2, 0.25) is 5.89 Å². The van der Waals surface area contributed by atoms with Crippen molar-refractivity contribution in [1.82, 2.24) is 20.2 Å². The highest BCUT2D eigenvalue weighted by molar-refractivity contribution is 5.15. The third-order valence-corrected chi connectivity index (χ3v) is 3.43. The van der Waals surface area contributed by atoms with Crippen LogP contribution in [-0.4, -0.2) is 34.5 Å². The Hall–Kier alpha value is -1.72. The molecule has 1 N–H and O–H groups in total. The van der Waals surface area contributed by atoms with Gasteiger partial charge in [0.1, 0.15) is 5.76 Å². The number of pyridine rings is 1. The summed E-state index contributed by atoms with van der Waals surface area (Å²) in [5, 5.41) is 3.43. The molecule has 1 unspecified atom stereocenters. The summed E-state index contributed by atoms with van der Waals surface area (Å²) in [5.74, 6) is 1.65. The molecule has 0 aromatic carbocycles. The Kier molecular flexibility index (Phi) is 3.57. The Morgan fingerprint density at radius 2 is 2.42 bits per heavy atom. The molecule has 0 saturated carbocycles. The van der Waals surface area contributed by atoms with E-state index in [-0.39, 0.29) is 0 Å². The quantitative estimate of drug-likeness (QED) is 0.904. The first-order valence-corrected chi connectivity index (χ1v) is 6.59. The van der Waals surface area contributed by atoms with E-state index in [4.69, 9.17) is 4.42 Å². The van der Waals surface area contributed by atoms with Gasteiger partial charge in [0, 0.05) is 38.1 Å². The first kappa shape index (κ1) is 12.3. The van der Waals surface area contributed by atoms with Gasteiger partial charge in [0.25, 0.3) is 0 Å². The van der Waals surface area contributed by atoms with Crippen LogP contribution in [0, 0.1) is 6.92 Å². The molecule has 1 saturated heterocycles. The summed E-state index contributed by atoms with van der Waals surface area (Å²) in [5.41, 5.74) is 1.23. The second-order valence-corrected chi connectivity index (χ2v) is 4.84. The smallest absolute Gasteiger partial charge is 0.208 e. The third kappa shape index (κ3) is 2.83. The minimum absolute atomic E-state index is 0.328. The molecule has 3 rings (SSSR count). The maximum absolute atomic E-state index is 5.58. The lowest BCUT2D eigenvalue weighted by molar-refractivity contribution is 0.139. The summed E-state index contributed by atoms with van der Waals surface area (Å²) in [4.78, 5) is 10.9. The van der Waals surface area contributed by atoms with Crippen LogP contribution in [0.1, 0.15) is 23.3 Å². The normalized spacial score (nSPS) is 20.6. The molecule has 0 amide bonds. The van der Waals surface area contributed by atoms with Crippen molar-refractivity contribution in [3.05, 3.63) is 47.9 Å². The molecule has 2 aromatic heterocycles. The van der Waals surface area contributed by atoms with Gasteiger partial charge < -0.3 is 9.73 Å². The van der Waals surface area contributed by atoms with Crippen molar-refractivity contribution < 1.29 is 4.42 Å². The van der Waals surface area contributed by atoms with Gasteiger partial charge in [-0.2, -0.15) is 0 Å². The Labute approximate surface area is 112 Å². The van der Waals surface area contributed by atoms with E-state index >= 15 is 0 Å². The van der Waals surface area contributed by atoms with Gasteiger partial charge in [-0.25, -0.2) is 4.98 Å². The average Bonchev–Trinajstić information content (AvgIpc) is 2.86. The fraction of sp³-hybridized carbons (Fsp3) is 0.429. The van der Waals surface area contributed by atoms with Crippen molar-refractivity contribution in [2.24, 2.45) is 0 Å². The number of rotatable bonds is 3. The lowest BCUT2D eigenvalue weighted by atomic mass is 10.1. The summed E-state index contributed by atoms with van der Waals surface area (Å²) in [6.07, 6.45) is 5.52. The molecular formula is C14H18N4O. The topological polar surface area (TPSA) is 54.2 Å². The van der Waals surface area contributed by atoms with Crippen molar-refractivity contribution in [1.29, 1.82) is 0 Å². The summed E-state index contributed by atoms with van der Waals surface area (Å²) in [7, 11) is 0. The zero-order valence-electron chi connectivity index (χ0n) is 11.0. The Morgan fingerprint density at radius 3 is 3.16 bits per heavy atom. The average molecular weight is 258 g/mol. The van der Waals surface area contributed by atoms with Crippen molar-refractivity contribution in [3.63, 3.8) is 0 Å². The van der Waals surface area contributed by atoms with Crippen LogP contribution in [0.5, 0.6) is 0 Å². The standard InChI is InChI=1S/C14H18N4O/c1-11-7-17-14(19-11)10-18-6-5-16-9-13(18)12-3-2-4-15-8-12/h2-4,7-8,13,16H,5-6,9-10H2,1H3. The second kappa shape index (κ2) is 5.50. The van der Waals surface area contributed by atoms with E-state index in [2.05, 4.69) is 26.3 Å². The SMILES string of the molecule is Cc1cnc(CN2CCNCC2c2cccnc2)o1. The number of nitrogens with zero attached hydrogens (tertiary/aromatic N) is 3. The lowest BCUT2D eigenvalue weighted by Gasteiger charge is -2.35. The molecule has 0 spiro atoms. The van der Waals surface area contributed by atoms with E-state index in [1.54, 1.807) is 6.20 Å². The van der Waals surface area contributed by atoms with Crippen molar-refractivity contribution in [2.45, 2.75) is 19.5 Å². The van der Waals surface area contributed by atoms with Crippen LogP contribution < -0.4 is 5.32 Å². The largest absolute Gasteiger partial charge is 0.445 e. The third-order valence-electron chi connectivity index (χ3n) is 3.43. The lowest BCUT2D eigenvalue weighted by Crippen LogP contribution is -2.45. The van der Waals surface area contributed by atoms with Gasteiger partial charge in [-0.1, -0.05) is 6.07 Å². The molecule has 1 atom stereocenters. The second-order valence-electron chi connectivity index (χ2n) is 4.84. The van der Waals surface area contributed by atoms with Crippen molar-refractivity contribution in [3.8, 4) is 0 Å². The molecule has 5 heteroatoms. The maximum atomic E-state index is 5.58. The van der Waals surface area contributed by atoms with E-state index in [1.807, 2.05) is 25.4 Å². The zero-order chi connectivity index (χ0) is 13.1. The molecule has 100 valence electrons. The van der Waals surface area contributed by atoms with Crippen LogP contribution in [-0.2, 0) is 6.54 Å². The summed E-state index contributed by atoms with van der Waals surface area (Å²) < 4.78 is 5.58. The van der Waals surface area contributed by atoms with Gasteiger partial charge in [0.05, 0.1) is 12.7 Å². The van der Waals surface area contributed by atoms with E-state index < -0.39 is 0 Å². The molecule has 3 heterocycles. The number of piperazine rings is 1. The first-order chi connectivity index (χ1) is 9.33. The Balaban J connectivity index is 1.77. The number of aromatic nitrogens is 2. The van der Waals surface area contributed by atoms with E-state index in [0.29, 0.717) is 6.04 Å². The molecule has 1 aliphatic heterocycles. The highest BCUT2D eigenvalue weighted by Crippen LogP contribution is 2.23. The van der Waals surface area contributed by atoms with Gasteiger partial charge in [0.15, 0.2) is 0 Å². The number of hydrogen-bond acceptors (Lipinski definition) is 5. The fourth-order valence-electron chi connectivity index (χ4n) is 2.49. The minimum Gasteiger partial charge on any atom is -0.445 e. The Bertz CT molecular complexity index is 525. The van der Waals surface area contributed by atoms with Gasteiger partial charge >= 0.3 is 0 Å². The van der Waals surface area contributed by atoms with Crippen LogP contribution in [0.4, 0.5) is 0 Å². The summed E-state index contributed by atoms with van der Waals surface area (Å²) in [6.45, 7) is 5.59. The molecule has 5 nitrogen and oxygen atoms in total. The molecule has 2 aromatic rings. The van der Waals surface area contributed by atoms with Crippen molar-refractivity contribution >= 4 is 0 Å². The highest BCUT2D eigenvalue weighted by atomic mass is 16.4. The van der Waals surface area contributed by atoms with Gasteiger partial charge in [-0.3, -0.25) is 9.88 Å².